The Kier molecular flexibility index (Phi) is 5.22. The van der Waals surface area contributed by atoms with Crippen molar-refractivity contribution in [1.82, 2.24) is 9.88 Å². The number of benzene rings is 2. The van der Waals surface area contributed by atoms with Gasteiger partial charge in [0.25, 0.3) is 17.6 Å². The van der Waals surface area contributed by atoms with Crippen molar-refractivity contribution < 1.29 is 29.0 Å². The van der Waals surface area contributed by atoms with Crippen LogP contribution in [-0.4, -0.2) is 52.3 Å². The number of pyridine rings is 1. The van der Waals surface area contributed by atoms with Crippen LogP contribution in [0, 0.1) is 0 Å². The lowest BCUT2D eigenvalue weighted by atomic mass is 9.81. The van der Waals surface area contributed by atoms with Crippen LogP contribution >= 0.6 is 0 Å². The number of nitrogens with zero attached hydrogens (tertiary/aromatic N) is 3. The molecule has 0 aliphatic carbocycles. The molecule has 4 heterocycles. The minimum Gasteiger partial charge on any atom is -0.507 e. The molecule has 3 aliphatic heterocycles. The molecule has 0 bridgehead atoms. The number of ether oxygens (including phenoxy) is 2. The number of rotatable bonds is 4. The minimum atomic E-state index is -1.84. The number of para-hydroxylation sites is 1. The normalized spacial score (nSPS) is 21.6. The van der Waals surface area contributed by atoms with Crippen LogP contribution in [0.4, 0.5) is 5.69 Å². The minimum absolute atomic E-state index is 0.0477. The Morgan fingerprint density at radius 3 is 2.57 bits per heavy atom. The van der Waals surface area contributed by atoms with Gasteiger partial charge in [0.2, 0.25) is 0 Å². The van der Waals surface area contributed by atoms with Crippen molar-refractivity contribution in [3.05, 3.63) is 89.3 Å². The molecule has 3 aromatic rings. The van der Waals surface area contributed by atoms with Crippen LogP contribution in [0.2, 0.25) is 0 Å². The lowest BCUT2D eigenvalue weighted by Crippen LogP contribution is -2.51. The van der Waals surface area contributed by atoms with E-state index in [4.69, 9.17) is 9.47 Å². The van der Waals surface area contributed by atoms with Crippen LogP contribution in [0.15, 0.2) is 72.6 Å². The van der Waals surface area contributed by atoms with E-state index in [1.54, 1.807) is 67.0 Å². The molecule has 0 saturated carbocycles. The molecule has 6 rings (SSSR count). The molecular formula is C28H23N3O6. The highest BCUT2D eigenvalue weighted by Gasteiger charge is 2.67. The number of anilines is 1. The molecule has 37 heavy (non-hydrogen) atoms. The second kappa shape index (κ2) is 8.48. The first kappa shape index (κ1) is 22.8. The van der Waals surface area contributed by atoms with Gasteiger partial charge in [0.05, 0.1) is 11.3 Å². The van der Waals surface area contributed by atoms with Crippen molar-refractivity contribution in [2.45, 2.75) is 19.0 Å². The molecule has 3 aliphatic rings. The Hall–Kier alpha value is -4.66. The van der Waals surface area contributed by atoms with Gasteiger partial charge >= 0.3 is 0 Å². The standard InChI is InChI=1S/C28H23N3O6/c1-2-30-20-8-4-3-7-19(20)28(27(30)35)23(24(32)18-9-10-21-22(14-18)37-13-12-36-21)25(33)26(34)31(28)16-17-6-5-11-29-15-17/h3-11,14-15,32H,2,12-13,16H2,1H3. The average Bonchev–Trinajstić information content (AvgIpc) is 3.31. The van der Waals surface area contributed by atoms with E-state index in [1.807, 2.05) is 6.92 Å². The summed E-state index contributed by atoms with van der Waals surface area (Å²) in [4.78, 5) is 48.4. The fourth-order valence-electron chi connectivity index (χ4n) is 5.41. The van der Waals surface area contributed by atoms with E-state index in [0.29, 0.717) is 48.1 Å². The molecule has 1 spiro atoms. The number of carbonyl (C=O) groups excluding carboxylic acids is 3. The van der Waals surface area contributed by atoms with Crippen LogP contribution in [0.25, 0.3) is 5.76 Å². The lowest BCUT2D eigenvalue weighted by Gasteiger charge is -2.34. The Labute approximate surface area is 212 Å². The summed E-state index contributed by atoms with van der Waals surface area (Å²) < 4.78 is 11.2. The molecule has 2 aromatic carbocycles. The van der Waals surface area contributed by atoms with E-state index in [1.165, 1.54) is 9.80 Å². The summed E-state index contributed by atoms with van der Waals surface area (Å²) in [5.74, 6) is -1.82. The third kappa shape index (κ3) is 3.16. The largest absolute Gasteiger partial charge is 0.507 e. The fraction of sp³-hybridized carbons (Fsp3) is 0.214. The monoisotopic (exact) mass is 497 g/mol. The number of likely N-dealkylation sites (tertiary alicyclic amines) is 1. The molecule has 1 unspecified atom stereocenters. The van der Waals surface area contributed by atoms with Gasteiger partial charge in [-0.1, -0.05) is 24.3 Å². The van der Waals surface area contributed by atoms with E-state index in [9.17, 15) is 19.5 Å². The molecular weight excluding hydrogens is 474 g/mol. The van der Waals surface area contributed by atoms with Gasteiger partial charge < -0.3 is 24.4 Å². The number of fused-ring (bicyclic) bond motifs is 3. The second-order valence-electron chi connectivity index (χ2n) is 8.94. The lowest BCUT2D eigenvalue weighted by molar-refractivity contribution is -0.144. The quantitative estimate of drug-likeness (QED) is 0.335. The van der Waals surface area contributed by atoms with Gasteiger partial charge in [-0.2, -0.15) is 0 Å². The Balaban J connectivity index is 1.62. The molecule has 9 nitrogen and oxygen atoms in total. The zero-order valence-corrected chi connectivity index (χ0v) is 20.0. The van der Waals surface area contributed by atoms with Crippen LogP contribution in [0.3, 0.4) is 0 Å². The Morgan fingerprint density at radius 2 is 1.81 bits per heavy atom. The summed E-state index contributed by atoms with van der Waals surface area (Å²) in [5, 5.41) is 11.6. The number of aromatic nitrogens is 1. The van der Waals surface area contributed by atoms with E-state index < -0.39 is 28.9 Å². The van der Waals surface area contributed by atoms with Gasteiger partial charge in [-0.3, -0.25) is 19.4 Å². The predicted octanol–water partition coefficient (Wildman–Crippen LogP) is 3.00. The fourth-order valence-corrected chi connectivity index (χ4v) is 5.41. The molecule has 1 N–H and O–H groups in total. The van der Waals surface area contributed by atoms with Gasteiger partial charge in [-0.15, -0.1) is 0 Å². The second-order valence-corrected chi connectivity index (χ2v) is 8.94. The van der Waals surface area contributed by atoms with E-state index in [0.717, 1.165) is 0 Å². The third-order valence-corrected chi connectivity index (χ3v) is 7.00. The highest BCUT2D eigenvalue weighted by molar-refractivity contribution is 6.50. The molecule has 186 valence electrons. The average molecular weight is 498 g/mol. The summed E-state index contributed by atoms with van der Waals surface area (Å²) >= 11 is 0. The number of carbonyl (C=O) groups is 3. The van der Waals surface area contributed by atoms with Gasteiger partial charge in [-0.25, -0.2) is 0 Å². The van der Waals surface area contributed by atoms with Gasteiger partial charge in [0.15, 0.2) is 17.0 Å². The maximum atomic E-state index is 14.3. The van der Waals surface area contributed by atoms with Gasteiger partial charge in [-0.05, 0) is 42.8 Å². The number of amides is 2. The number of hydrogen-bond acceptors (Lipinski definition) is 7. The number of likely N-dealkylation sites (N-methyl/N-ethyl adjacent to an activating group) is 1. The summed E-state index contributed by atoms with van der Waals surface area (Å²) in [5.41, 5.74) is -0.184. The SMILES string of the molecule is CCN1C(=O)C2(C(=C(O)c3ccc4c(c3)OCCO4)C(=O)C(=O)N2Cc2cccnc2)c2ccccc21. The third-order valence-electron chi connectivity index (χ3n) is 7.00. The molecule has 1 aromatic heterocycles. The number of aliphatic hydroxyl groups excluding tert-OH is 1. The zero-order chi connectivity index (χ0) is 25.7. The molecule has 0 radical (unpaired) electrons. The number of Topliss-reactive ketones (excluding diaryl/α,β-unsaturated/α-hetero) is 1. The maximum absolute atomic E-state index is 14.3. The molecule has 1 atom stereocenters. The van der Waals surface area contributed by atoms with Crippen LogP contribution in [-0.2, 0) is 26.5 Å². The summed E-state index contributed by atoms with van der Waals surface area (Å²) in [6.45, 7) is 2.83. The molecule has 1 saturated heterocycles. The van der Waals surface area contributed by atoms with Crippen LogP contribution < -0.4 is 14.4 Å². The first-order valence-corrected chi connectivity index (χ1v) is 12.0. The summed E-state index contributed by atoms with van der Waals surface area (Å²) in [6, 6.07) is 15.3. The van der Waals surface area contributed by atoms with Crippen molar-refractivity contribution in [2.24, 2.45) is 0 Å². The Bertz CT molecular complexity index is 1480. The van der Waals surface area contributed by atoms with E-state index in [-0.39, 0.29) is 17.7 Å². The number of hydrogen-bond donors (Lipinski definition) is 1. The maximum Gasteiger partial charge on any atom is 0.296 e. The number of ketones is 1. The topological polar surface area (TPSA) is 109 Å². The van der Waals surface area contributed by atoms with Crippen molar-refractivity contribution in [3.8, 4) is 11.5 Å². The van der Waals surface area contributed by atoms with E-state index >= 15 is 0 Å². The van der Waals surface area contributed by atoms with Crippen LogP contribution in [0.5, 0.6) is 11.5 Å². The smallest absolute Gasteiger partial charge is 0.296 e. The van der Waals surface area contributed by atoms with Crippen molar-refractivity contribution in [3.63, 3.8) is 0 Å². The molecule has 2 amide bonds. The molecule has 1 fully saturated rings. The van der Waals surface area contributed by atoms with Gasteiger partial charge in [0, 0.05) is 36.6 Å². The highest BCUT2D eigenvalue weighted by Crippen LogP contribution is 2.54. The predicted molar refractivity (Wildman–Crippen MR) is 133 cm³/mol. The van der Waals surface area contributed by atoms with Gasteiger partial charge in [0.1, 0.15) is 19.0 Å². The summed E-state index contributed by atoms with van der Waals surface area (Å²) in [6.07, 6.45) is 3.18. The first-order chi connectivity index (χ1) is 18.0. The zero-order valence-electron chi connectivity index (χ0n) is 20.0. The van der Waals surface area contributed by atoms with Crippen molar-refractivity contribution in [2.75, 3.05) is 24.7 Å². The Morgan fingerprint density at radius 1 is 1.03 bits per heavy atom. The van der Waals surface area contributed by atoms with Crippen molar-refractivity contribution in [1.29, 1.82) is 0 Å². The first-order valence-electron chi connectivity index (χ1n) is 12.0. The number of aliphatic hydroxyl groups is 1. The van der Waals surface area contributed by atoms with E-state index in [2.05, 4.69) is 4.98 Å². The van der Waals surface area contributed by atoms with Crippen LogP contribution in [0.1, 0.15) is 23.6 Å². The summed E-state index contributed by atoms with van der Waals surface area (Å²) in [7, 11) is 0. The van der Waals surface area contributed by atoms with Crippen molar-refractivity contribution >= 4 is 29.0 Å². The molecule has 9 heteroatoms. The highest BCUT2D eigenvalue weighted by atomic mass is 16.6.